The summed E-state index contributed by atoms with van der Waals surface area (Å²) >= 11 is 0. The fraction of sp³-hybridized carbons (Fsp3) is 0.312. The van der Waals surface area contributed by atoms with Gasteiger partial charge in [-0.05, 0) is 24.3 Å². The van der Waals surface area contributed by atoms with Gasteiger partial charge in [-0.2, -0.15) is 4.31 Å². The van der Waals surface area contributed by atoms with Crippen LogP contribution in [0.25, 0.3) is 0 Å². The SMILES string of the molecule is COC(=O)C1Cc2nccnc2CN1S(=O)(=O)c1ccc(OC)cc1. The van der Waals surface area contributed by atoms with Gasteiger partial charge in [0, 0.05) is 18.8 Å². The monoisotopic (exact) mass is 363 g/mol. The molecule has 0 radical (unpaired) electrons. The van der Waals surface area contributed by atoms with E-state index < -0.39 is 22.0 Å². The van der Waals surface area contributed by atoms with Crippen molar-refractivity contribution in [3.05, 3.63) is 48.0 Å². The minimum absolute atomic E-state index is 0.0443. The number of hydrogen-bond acceptors (Lipinski definition) is 7. The number of ether oxygens (including phenoxy) is 2. The van der Waals surface area contributed by atoms with Crippen molar-refractivity contribution in [1.29, 1.82) is 0 Å². The molecule has 1 aromatic heterocycles. The maximum Gasteiger partial charge on any atom is 0.324 e. The Labute approximate surface area is 145 Å². The van der Waals surface area contributed by atoms with Gasteiger partial charge in [0.1, 0.15) is 11.8 Å². The number of carbonyl (C=O) groups is 1. The number of esters is 1. The zero-order valence-corrected chi connectivity index (χ0v) is 14.6. The number of methoxy groups -OCH3 is 2. The fourth-order valence-corrected chi connectivity index (χ4v) is 4.25. The van der Waals surface area contributed by atoms with E-state index in [1.54, 1.807) is 12.1 Å². The molecule has 0 saturated carbocycles. The van der Waals surface area contributed by atoms with Crippen molar-refractivity contribution in [3.8, 4) is 5.75 Å². The van der Waals surface area contributed by atoms with Crippen molar-refractivity contribution in [2.75, 3.05) is 14.2 Å². The van der Waals surface area contributed by atoms with Gasteiger partial charge in [0.15, 0.2) is 0 Å². The third-order valence-corrected chi connectivity index (χ3v) is 5.91. The van der Waals surface area contributed by atoms with E-state index in [1.807, 2.05) is 0 Å². The molecule has 0 spiro atoms. The second kappa shape index (κ2) is 6.77. The van der Waals surface area contributed by atoms with E-state index in [1.165, 1.54) is 38.7 Å². The van der Waals surface area contributed by atoms with Crippen LogP contribution in [-0.4, -0.2) is 48.9 Å². The van der Waals surface area contributed by atoms with Crippen LogP contribution in [0.1, 0.15) is 11.4 Å². The van der Waals surface area contributed by atoms with Crippen LogP contribution in [0.2, 0.25) is 0 Å². The van der Waals surface area contributed by atoms with E-state index >= 15 is 0 Å². The molecule has 9 heteroatoms. The van der Waals surface area contributed by atoms with Crippen LogP contribution in [0, 0.1) is 0 Å². The Kier molecular flexibility index (Phi) is 4.69. The second-order valence-electron chi connectivity index (χ2n) is 5.42. The molecule has 2 aromatic rings. The minimum atomic E-state index is -3.92. The molecule has 1 unspecified atom stereocenters. The van der Waals surface area contributed by atoms with Crippen molar-refractivity contribution in [1.82, 2.24) is 14.3 Å². The van der Waals surface area contributed by atoms with Gasteiger partial charge in [-0.3, -0.25) is 14.8 Å². The molecule has 1 aliphatic rings. The summed E-state index contributed by atoms with van der Waals surface area (Å²) in [5.74, 6) is -0.0910. The number of fused-ring (bicyclic) bond motifs is 1. The van der Waals surface area contributed by atoms with E-state index in [0.717, 1.165) is 4.31 Å². The summed E-state index contributed by atoms with van der Waals surface area (Å²) in [7, 11) is -1.20. The van der Waals surface area contributed by atoms with Crippen LogP contribution in [0.15, 0.2) is 41.6 Å². The first kappa shape index (κ1) is 17.3. The molecule has 0 amide bonds. The van der Waals surface area contributed by atoms with Crippen molar-refractivity contribution < 1.29 is 22.7 Å². The van der Waals surface area contributed by atoms with Gasteiger partial charge in [-0.1, -0.05) is 0 Å². The number of hydrogen-bond donors (Lipinski definition) is 0. The van der Waals surface area contributed by atoms with Gasteiger partial charge >= 0.3 is 5.97 Å². The standard InChI is InChI=1S/C16H17N3O5S/c1-23-11-3-5-12(6-4-11)25(21,22)19-10-14-13(17-7-8-18-14)9-15(19)16(20)24-2/h3-8,15H,9-10H2,1-2H3. The fourth-order valence-electron chi connectivity index (χ4n) is 2.71. The van der Waals surface area contributed by atoms with Crippen LogP contribution in [0.3, 0.4) is 0 Å². The number of carbonyl (C=O) groups excluding carboxylic acids is 1. The summed E-state index contributed by atoms with van der Waals surface area (Å²) in [5.41, 5.74) is 1.12. The molecule has 1 aliphatic heterocycles. The number of rotatable bonds is 4. The molecule has 8 nitrogen and oxygen atoms in total. The first-order chi connectivity index (χ1) is 12.0. The summed E-state index contributed by atoms with van der Waals surface area (Å²) in [6.45, 7) is -0.0443. The Balaban J connectivity index is 2.03. The average Bonchev–Trinajstić information content (AvgIpc) is 2.66. The zero-order chi connectivity index (χ0) is 18.0. The zero-order valence-electron chi connectivity index (χ0n) is 13.7. The van der Waals surface area contributed by atoms with Gasteiger partial charge < -0.3 is 9.47 Å². The normalized spacial score (nSPS) is 17.6. The molecule has 0 fully saturated rings. The first-order valence-corrected chi connectivity index (χ1v) is 8.94. The van der Waals surface area contributed by atoms with Crippen LogP contribution < -0.4 is 4.74 Å². The average molecular weight is 363 g/mol. The predicted octanol–water partition coefficient (Wildman–Crippen LogP) is 0.774. The lowest BCUT2D eigenvalue weighted by molar-refractivity contribution is -0.145. The van der Waals surface area contributed by atoms with E-state index in [9.17, 15) is 13.2 Å². The second-order valence-corrected chi connectivity index (χ2v) is 7.31. The van der Waals surface area contributed by atoms with Crippen molar-refractivity contribution in [2.24, 2.45) is 0 Å². The minimum Gasteiger partial charge on any atom is -0.497 e. The van der Waals surface area contributed by atoms with E-state index in [0.29, 0.717) is 17.1 Å². The molecule has 0 saturated heterocycles. The first-order valence-electron chi connectivity index (χ1n) is 7.50. The lowest BCUT2D eigenvalue weighted by Crippen LogP contribution is -2.49. The molecule has 0 N–H and O–H groups in total. The molecular weight excluding hydrogens is 346 g/mol. The molecule has 25 heavy (non-hydrogen) atoms. The molecule has 2 heterocycles. The molecule has 1 atom stereocenters. The van der Waals surface area contributed by atoms with E-state index in [2.05, 4.69) is 9.97 Å². The highest BCUT2D eigenvalue weighted by molar-refractivity contribution is 7.89. The van der Waals surface area contributed by atoms with E-state index in [-0.39, 0.29) is 17.9 Å². The van der Waals surface area contributed by atoms with Gasteiger partial charge in [0.05, 0.1) is 37.0 Å². The number of sulfonamides is 1. The van der Waals surface area contributed by atoms with Gasteiger partial charge in [0.2, 0.25) is 10.0 Å². The lowest BCUT2D eigenvalue weighted by Gasteiger charge is -2.32. The smallest absolute Gasteiger partial charge is 0.324 e. The number of benzene rings is 1. The third kappa shape index (κ3) is 3.20. The maximum atomic E-state index is 13.1. The van der Waals surface area contributed by atoms with Crippen LogP contribution in [0.5, 0.6) is 5.75 Å². The van der Waals surface area contributed by atoms with Gasteiger partial charge in [0.25, 0.3) is 0 Å². The van der Waals surface area contributed by atoms with Crippen molar-refractivity contribution >= 4 is 16.0 Å². The Hall–Kier alpha value is -2.52. The lowest BCUT2D eigenvalue weighted by atomic mass is 10.1. The van der Waals surface area contributed by atoms with Crippen molar-refractivity contribution in [3.63, 3.8) is 0 Å². The van der Waals surface area contributed by atoms with Crippen LogP contribution in [0.4, 0.5) is 0 Å². The van der Waals surface area contributed by atoms with E-state index in [4.69, 9.17) is 9.47 Å². The molecular formula is C16H17N3O5S. The van der Waals surface area contributed by atoms with Crippen LogP contribution in [-0.2, 0) is 32.5 Å². The number of aromatic nitrogens is 2. The Bertz CT molecular complexity index is 883. The summed E-state index contributed by atoms with van der Waals surface area (Å²) in [4.78, 5) is 20.6. The Morgan fingerprint density at radius 3 is 2.36 bits per heavy atom. The Morgan fingerprint density at radius 1 is 1.12 bits per heavy atom. The summed E-state index contributed by atoms with van der Waals surface area (Å²) in [6, 6.07) is 5.00. The molecule has 1 aromatic carbocycles. The van der Waals surface area contributed by atoms with Gasteiger partial charge in [-0.25, -0.2) is 8.42 Å². The maximum absolute atomic E-state index is 13.1. The molecule has 3 rings (SSSR count). The summed E-state index contributed by atoms with van der Waals surface area (Å²) < 4.78 is 37.1. The van der Waals surface area contributed by atoms with Gasteiger partial charge in [-0.15, -0.1) is 0 Å². The number of nitrogens with zero attached hydrogens (tertiary/aromatic N) is 3. The quantitative estimate of drug-likeness (QED) is 0.740. The Morgan fingerprint density at radius 2 is 1.76 bits per heavy atom. The van der Waals surface area contributed by atoms with Crippen molar-refractivity contribution in [2.45, 2.75) is 23.9 Å². The third-order valence-electron chi connectivity index (χ3n) is 4.04. The highest BCUT2D eigenvalue weighted by Crippen LogP contribution is 2.28. The molecule has 132 valence electrons. The molecule has 0 aliphatic carbocycles. The van der Waals surface area contributed by atoms with Crippen LogP contribution >= 0.6 is 0 Å². The molecule has 0 bridgehead atoms. The largest absolute Gasteiger partial charge is 0.497 e. The predicted molar refractivity (Wildman–Crippen MR) is 87.3 cm³/mol. The summed E-state index contributed by atoms with van der Waals surface area (Å²) in [6.07, 6.45) is 3.13. The highest BCUT2D eigenvalue weighted by Gasteiger charge is 2.41. The topological polar surface area (TPSA) is 98.7 Å². The highest BCUT2D eigenvalue weighted by atomic mass is 32.2. The summed E-state index contributed by atoms with van der Waals surface area (Å²) in [5, 5.41) is 0.